The van der Waals surface area contributed by atoms with E-state index in [1.165, 1.54) is 11.8 Å². The Bertz CT molecular complexity index is 1180. The Kier molecular flexibility index (Phi) is 8.10. The van der Waals surface area contributed by atoms with Crippen LogP contribution in [0, 0.1) is 3.57 Å². The summed E-state index contributed by atoms with van der Waals surface area (Å²) in [6.07, 6.45) is 1.94. The number of rotatable bonds is 8. The van der Waals surface area contributed by atoms with Gasteiger partial charge < -0.3 is 19.1 Å². The molecular formula is C25H24ClIN2O4S. The van der Waals surface area contributed by atoms with Crippen LogP contribution in [-0.4, -0.2) is 29.3 Å². The third-order valence-electron chi connectivity index (χ3n) is 5.26. The van der Waals surface area contributed by atoms with Crippen molar-refractivity contribution in [1.82, 2.24) is 4.90 Å². The van der Waals surface area contributed by atoms with Crippen molar-refractivity contribution >= 4 is 57.1 Å². The van der Waals surface area contributed by atoms with Gasteiger partial charge in [-0.1, -0.05) is 35.5 Å². The Morgan fingerprint density at radius 2 is 1.94 bits per heavy atom. The van der Waals surface area contributed by atoms with Crippen LogP contribution in [0.25, 0.3) is 0 Å². The summed E-state index contributed by atoms with van der Waals surface area (Å²) in [6.45, 7) is 6.73. The van der Waals surface area contributed by atoms with Crippen LogP contribution in [0.3, 0.4) is 0 Å². The van der Waals surface area contributed by atoms with E-state index in [4.69, 9.17) is 25.8 Å². The van der Waals surface area contributed by atoms with Crippen molar-refractivity contribution in [2.24, 2.45) is 4.99 Å². The number of esters is 1. The number of amidine groups is 1. The van der Waals surface area contributed by atoms with Gasteiger partial charge in [0.25, 0.3) is 0 Å². The molecule has 0 unspecified atom stereocenters. The van der Waals surface area contributed by atoms with Gasteiger partial charge in [-0.25, -0.2) is 9.79 Å². The zero-order chi connectivity index (χ0) is 24.2. The smallest absolute Gasteiger partial charge is 0.338 e. The lowest BCUT2D eigenvalue weighted by Crippen LogP contribution is -2.34. The maximum absolute atomic E-state index is 13.0. The van der Waals surface area contributed by atoms with Gasteiger partial charge in [0.05, 0.1) is 34.1 Å². The number of hydrogen-bond acceptors (Lipinski definition) is 7. The summed E-state index contributed by atoms with van der Waals surface area (Å²) in [5, 5.41) is 3.47. The number of ether oxygens (including phenoxy) is 3. The van der Waals surface area contributed by atoms with Crippen molar-refractivity contribution in [3.05, 3.63) is 79.0 Å². The van der Waals surface area contributed by atoms with Crippen molar-refractivity contribution < 1.29 is 19.0 Å². The van der Waals surface area contributed by atoms with Crippen LogP contribution in [0.1, 0.15) is 37.9 Å². The number of halogens is 2. The van der Waals surface area contributed by atoms with Crippen molar-refractivity contribution in [1.29, 1.82) is 0 Å². The Balaban J connectivity index is 1.72. The van der Waals surface area contributed by atoms with Crippen LogP contribution in [0.5, 0.6) is 11.5 Å². The molecule has 4 rings (SSSR count). The fourth-order valence-electron chi connectivity index (χ4n) is 3.78. The second-order valence-electron chi connectivity index (χ2n) is 7.50. The first-order chi connectivity index (χ1) is 16.4. The van der Waals surface area contributed by atoms with Gasteiger partial charge >= 0.3 is 5.97 Å². The van der Waals surface area contributed by atoms with Crippen molar-refractivity contribution in [2.75, 3.05) is 13.2 Å². The van der Waals surface area contributed by atoms with E-state index in [0.717, 1.165) is 19.9 Å². The van der Waals surface area contributed by atoms with E-state index >= 15 is 0 Å². The van der Waals surface area contributed by atoms with Crippen molar-refractivity contribution in [3.63, 3.8) is 0 Å². The fourth-order valence-corrected chi connectivity index (χ4v) is 5.48. The third-order valence-corrected chi connectivity index (χ3v) is 7.08. The van der Waals surface area contributed by atoms with Gasteiger partial charge in [0.15, 0.2) is 16.7 Å². The molecule has 2 heterocycles. The molecule has 0 saturated heterocycles. The monoisotopic (exact) mass is 610 g/mol. The van der Waals surface area contributed by atoms with Gasteiger partial charge in [0.1, 0.15) is 6.61 Å². The number of carbonyl (C=O) groups excluding carboxylic acids is 1. The van der Waals surface area contributed by atoms with E-state index < -0.39 is 0 Å². The summed E-state index contributed by atoms with van der Waals surface area (Å²) in [5.74, 6) is 0.920. The molecule has 2 aromatic rings. The molecule has 0 N–H and O–H groups in total. The molecule has 0 spiro atoms. The van der Waals surface area contributed by atoms with Crippen LogP contribution in [0.15, 0.2) is 64.3 Å². The maximum atomic E-state index is 13.0. The number of thioether (sulfide) groups is 1. The van der Waals surface area contributed by atoms with Crippen molar-refractivity contribution in [3.8, 4) is 11.5 Å². The number of nitrogens with zero attached hydrogens (tertiary/aromatic N) is 2. The minimum atomic E-state index is -0.379. The first-order valence-corrected chi connectivity index (χ1v) is 13.2. The summed E-state index contributed by atoms with van der Waals surface area (Å²) in [7, 11) is 0. The highest BCUT2D eigenvalue weighted by Gasteiger charge is 2.38. The molecule has 34 heavy (non-hydrogen) atoms. The first-order valence-electron chi connectivity index (χ1n) is 10.8. The number of benzene rings is 2. The molecule has 0 saturated carbocycles. The van der Waals surface area contributed by atoms with Crippen LogP contribution in [-0.2, 0) is 16.1 Å². The second-order valence-corrected chi connectivity index (χ2v) is 9.98. The Hall–Kier alpha value is -2.17. The number of allylic oxidation sites excluding steroid dienone is 1. The molecule has 0 amide bonds. The van der Waals surface area contributed by atoms with E-state index in [1.54, 1.807) is 6.92 Å². The summed E-state index contributed by atoms with van der Waals surface area (Å²) >= 11 is 9.77. The van der Waals surface area contributed by atoms with Crippen LogP contribution >= 0.6 is 46.0 Å². The molecule has 2 aromatic carbocycles. The SMILES string of the molecule is CCOC(=O)C1=C(C)N=C2SC=CN2[C@@H]1c1cc(I)c(OCc2ccc(Cl)cc2)c(OCC)c1. The highest BCUT2D eigenvalue weighted by molar-refractivity contribution is 14.1. The Morgan fingerprint density at radius 1 is 1.18 bits per heavy atom. The lowest BCUT2D eigenvalue weighted by atomic mass is 9.94. The second kappa shape index (κ2) is 11.0. The molecule has 2 aliphatic heterocycles. The molecule has 0 fully saturated rings. The third kappa shape index (κ3) is 5.23. The summed E-state index contributed by atoms with van der Waals surface area (Å²) in [4.78, 5) is 19.6. The van der Waals surface area contributed by atoms with Crippen molar-refractivity contribution in [2.45, 2.75) is 33.4 Å². The molecule has 0 bridgehead atoms. The van der Waals surface area contributed by atoms with E-state index in [1.807, 2.05) is 66.8 Å². The number of aliphatic imine (C=N–C) groups is 1. The predicted octanol–water partition coefficient (Wildman–Crippen LogP) is 6.69. The maximum Gasteiger partial charge on any atom is 0.338 e. The van der Waals surface area contributed by atoms with Crippen LogP contribution < -0.4 is 9.47 Å². The molecule has 0 radical (unpaired) electrons. The summed E-state index contributed by atoms with van der Waals surface area (Å²) < 4.78 is 18.4. The van der Waals surface area contributed by atoms with Gasteiger partial charge in [-0.15, -0.1) is 0 Å². The van der Waals surface area contributed by atoms with Gasteiger partial charge in [0.2, 0.25) is 0 Å². The summed E-state index contributed by atoms with van der Waals surface area (Å²) in [5.41, 5.74) is 3.07. The van der Waals surface area contributed by atoms with Gasteiger partial charge in [0, 0.05) is 11.2 Å². The molecule has 1 atom stereocenters. The largest absolute Gasteiger partial charge is 0.490 e. The highest BCUT2D eigenvalue weighted by atomic mass is 127. The quantitative estimate of drug-likeness (QED) is 0.245. The van der Waals surface area contributed by atoms with Crippen LogP contribution in [0.4, 0.5) is 0 Å². The van der Waals surface area contributed by atoms with E-state index in [9.17, 15) is 4.79 Å². The number of hydrogen-bond donors (Lipinski definition) is 0. The lowest BCUT2D eigenvalue weighted by Gasteiger charge is -2.33. The zero-order valence-electron chi connectivity index (χ0n) is 19.0. The average molecular weight is 611 g/mol. The van der Waals surface area contributed by atoms with E-state index in [0.29, 0.717) is 47.6 Å². The molecular weight excluding hydrogens is 587 g/mol. The minimum Gasteiger partial charge on any atom is -0.490 e. The molecule has 0 aromatic heterocycles. The number of fused-ring (bicyclic) bond motifs is 1. The van der Waals surface area contributed by atoms with E-state index in [2.05, 4.69) is 27.6 Å². The molecule has 9 heteroatoms. The molecule has 178 valence electrons. The molecule has 2 aliphatic rings. The summed E-state index contributed by atoms with van der Waals surface area (Å²) in [6, 6.07) is 11.1. The number of carbonyl (C=O) groups is 1. The molecule has 0 aliphatic carbocycles. The van der Waals surface area contributed by atoms with E-state index in [-0.39, 0.29) is 12.0 Å². The Morgan fingerprint density at radius 3 is 2.65 bits per heavy atom. The fraction of sp³-hybridized carbons (Fsp3) is 0.280. The normalized spacial score (nSPS) is 16.9. The predicted molar refractivity (Wildman–Crippen MR) is 144 cm³/mol. The van der Waals surface area contributed by atoms with Gasteiger partial charge in [-0.3, -0.25) is 0 Å². The standard InChI is InChI=1S/C25H24ClIN2O4S/c1-4-31-20-13-17(12-19(27)23(20)33-14-16-6-8-18(26)9-7-16)22-21(24(30)32-5-2)15(3)28-25-29(22)10-11-34-25/h6-13,22H,4-5,14H2,1-3H3/t22-/m1/s1. The highest BCUT2D eigenvalue weighted by Crippen LogP contribution is 2.44. The topological polar surface area (TPSA) is 60.4 Å². The molecule has 6 nitrogen and oxygen atoms in total. The van der Waals surface area contributed by atoms with Gasteiger partial charge in [-0.05, 0) is 84.2 Å². The van der Waals surface area contributed by atoms with Crippen LogP contribution in [0.2, 0.25) is 5.02 Å². The lowest BCUT2D eigenvalue weighted by molar-refractivity contribution is -0.139. The zero-order valence-corrected chi connectivity index (χ0v) is 22.7. The Labute approximate surface area is 222 Å². The minimum absolute atomic E-state index is 0.294. The average Bonchev–Trinajstić information content (AvgIpc) is 3.27. The van der Waals surface area contributed by atoms with Gasteiger partial charge in [-0.2, -0.15) is 0 Å². The first kappa shape index (κ1) is 24.9.